The molecule has 2 aromatic rings. The summed E-state index contributed by atoms with van der Waals surface area (Å²) in [6.07, 6.45) is 8.15. The Morgan fingerprint density at radius 1 is 0.675 bits per heavy atom. The van der Waals surface area contributed by atoms with E-state index in [0.29, 0.717) is 49.0 Å². The van der Waals surface area contributed by atoms with E-state index < -0.39 is 0 Å². The molecule has 0 saturated heterocycles. The highest BCUT2D eigenvalue weighted by Crippen LogP contribution is 2.40. The normalized spacial score (nSPS) is 22.5. The maximum atomic E-state index is 13.8. The lowest BCUT2D eigenvalue weighted by Crippen LogP contribution is -2.18. The lowest BCUT2D eigenvalue weighted by molar-refractivity contribution is -0.145. The van der Waals surface area contributed by atoms with E-state index in [2.05, 4.69) is 0 Å². The van der Waals surface area contributed by atoms with Crippen LogP contribution in [0.15, 0.2) is 36.4 Å². The second kappa shape index (κ2) is 15.6. The van der Waals surface area contributed by atoms with Gasteiger partial charge in [0, 0.05) is 25.0 Å². The molecule has 6 nitrogen and oxygen atoms in total. The summed E-state index contributed by atoms with van der Waals surface area (Å²) < 4.78 is 37.5. The van der Waals surface area contributed by atoms with Gasteiger partial charge in [-0.2, -0.15) is 0 Å². The number of phenols is 2. The van der Waals surface area contributed by atoms with Crippen molar-refractivity contribution in [2.75, 3.05) is 13.2 Å². The standard InChI is InChI=1S/2C16H21FO3/c2*1-2-20-16(19)9-11-3-5-12(6-4-11)14-8-7-13(18)10-15(14)17/h2*7-8,10-12,18H,2-6,9H2,1H3. The van der Waals surface area contributed by atoms with E-state index in [1.165, 1.54) is 24.3 Å². The quantitative estimate of drug-likeness (QED) is 0.325. The highest BCUT2D eigenvalue weighted by atomic mass is 19.1. The van der Waals surface area contributed by atoms with Gasteiger partial charge in [0.1, 0.15) is 23.1 Å². The lowest BCUT2D eigenvalue weighted by atomic mass is 9.77. The number of hydrogen-bond acceptors (Lipinski definition) is 6. The van der Waals surface area contributed by atoms with Crippen molar-refractivity contribution in [3.8, 4) is 11.5 Å². The van der Waals surface area contributed by atoms with Crippen LogP contribution < -0.4 is 0 Å². The second-order valence-corrected chi connectivity index (χ2v) is 10.9. The Bertz CT molecular complexity index is 1020. The summed E-state index contributed by atoms with van der Waals surface area (Å²) >= 11 is 0. The van der Waals surface area contributed by atoms with Crippen LogP contribution in [-0.4, -0.2) is 35.4 Å². The SMILES string of the molecule is CCOC(=O)CC1CCC(c2ccc(O)cc2F)CC1.CCOC(=O)CC1CCC(c2ccc(O)cc2F)CC1. The largest absolute Gasteiger partial charge is 0.508 e. The fourth-order valence-electron chi connectivity index (χ4n) is 5.96. The van der Waals surface area contributed by atoms with Gasteiger partial charge in [-0.3, -0.25) is 9.59 Å². The molecule has 0 amide bonds. The summed E-state index contributed by atoms with van der Waals surface area (Å²) in [5, 5.41) is 18.5. The van der Waals surface area contributed by atoms with E-state index in [9.17, 15) is 28.6 Å². The number of rotatable bonds is 8. The molecule has 2 aliphatic rings. The molecule has 40 heavy (non-hydrogen) atoms. The van der Waals surface area contributed by atoms with E-state index in [-0.39, 0.29) is 46.9 Å². The number of halogens is 2. The summed E-state index contributed by atoms with van der Waals surface area (Å²) in [6.45, 7) is 4.46. The van der Waals surface area contributed by atoms with Crippen molar-refractivity contribution in [3.05, 3.63) is 59.2 Å². The zero-order valence-electron chi connectivity index (χ0n) is 23.5. The van der Waals surface area contributed by atoms with E-state index in [1.807, 2.05) is 13.8 Å². The third-order valence-electron chi connectivity index (χ3n) is 8.06. The molecular formula is C32H42F2O6. The van der Waals surface area contributed by atoms with Gasteiger partial charge in [-0.15, -0.1) is 0 Å². The molecule has 2 saturated carbocycles. The minimum Gasteiger partial charge on any atom is -0.508 e. The predicted octanol–water partition coefficient (Wildman–Crippen LogP) is 7.52. The Labute approximate surface area is 235 Å². The van der Waals surface area contributed by atoms with Gasteiger partial charge in [0.2, 0.25) is 0 Å². The third-order valence-corrected chi connectivity index (χ3v) is 8.06. The van der Waals surface area contributed by atoms with Crippen molar-refractivity contribution in [2.24, 2.45) is 11.8 Å². The highest BCUT2D eigenvalue weighted by Gasteiger charge is 2.27. The van der Waals surface area contributed by atoms with E-state index in [4.69, 9.17) is 9.47 Å². The molecule has 2 aromatic carbocycles. The number of aromatic hydroxyl groups is 2. The van der Waals surface area contributed by atoms with E-state index >= 15 is 0 Å². The van der Waals surface area contributed by atoms with Gasteiger partial charge in [-0.1, -0.05) is 12.1 Å². The molecule has 2 aliphatic carbocycles. The molecular weight excluding hydrogens is 518 g/mol. The predicted molar refractivity (Wildman–Crippen MR) is 148 cm³/mol. The number of ether oxygens (including phenoxy) is 2. The molecule has 220 valence electrons. The third kappa shape index (κ3) is 9.49. The summed E-state index contributed by atoms with van der Waals surface area (Å²) in [6, 6.07) is 8.73. The number of phenolic OH excluding ortho intramolecular Hbond substituents is 2. The average Bonchev–Trinajstić information content (AvgIpc) is 2.91. The molecule has 0 aliphatic heterocycles. The maximum absolute atomic E-state index is 13.8. The zero-order chi connectivity index (χ0) is 29.1. The highest BCUT2D eigenvalue weighted by molar-refractivity contribution is 5.70. The first-order chi connectivity index (χ1) is 19.2. The Morgan fingerprint density at radius 2 is 1.02 bits per heavy atom. The van der Waals surface area contributed by atoms with Crippen LogP contribution in [0.4, 0.5) is 8.78 Å². The van der Waals surface area contributed by atoms with Gasteiger partial charge in [0.05, 0.1) is 13.2 Å². The Hall–Kier alpha value is -3.16. The summed E-state index contributed by atoms with van der Waals surface area (Å²) in [7, 11) is 0. The van der Waals surface area contributed by atoms with Crippen LogP contribution in [-0.2, 0) is 19.1 Å². The van der Waals surface area contributed by atoms with Crippen LogP contribution in [0, 0.1) is 23.5 Å². The minimum absolute atomic E-state index is 0.0396. The van der Waals surface area contributed by atoms with Crippen LogP contribution in [0.5, 0.6) is 11.5 Å². The molecule has 0 atom stereocenters. The Kier molecular flexibility index (Phi) is 12.2. The van der Waals surface area contributed by atoms with Crippen LogP contribution in [0.3, 0.4) is 0 Å². The summed E-state index contributed by atoms with van der Waals surface area (Å²) in [4.78, 5) is 22.9. The molecule has 2 N–H and O–H groups in total. The monoisotopic (exact) mass is 560 g/mol. The number of carbonyl (C=O) groups excluding carboxylic acids is 2. The number of hydrogen-bond donors (Lipinski definition) is 2. The van der Waals surface area contributed by atoms with Crippen molar-refractivity contribution < 1.29 is 38.1 Å². The van der Waals surface area contributed by atoms with Crippen LogP contribution >= 0.6 is 0 Å². The Balaban J connectivity index is 0.000000220. The summed E-state index contributed by atoms with van der Waals surface area (Å²) in [5.74, 6) is 0.0692. The molecule has 0 heterocycles. The molecule has 0 aromatic heterocycles. The van der Waals surface area contributed by atoms with Crippen molar-refractivity contribution >= 4 is 11.9 Å². The first-order valence-electron chi connectivity index (χ1n) is 14.5. The van der Waals surface area contributed by atoms with Gasteiger partial charge in [-0.05, 0) is 112 Å². The number of carbonyl (C=O) groups is 2. The molecule has 0 spiro atoms. The van der Waals surface area contributed by atoms with E-state index in [1.54, 1.807) is 12.1 Å². The van der Waals surface area contributed by atoms with Crippen molar-refractivity contribution in [3.63, 3.8) is 0 Å². The number of esters is 2. The van der Waals surface area contributed by atoms with Gasteiger partial charge in [0.25, 0.3) is 0 Å². The lowest BCUT2D eigenvalue weighted by Gasteiger charge is -2.28. The minimum atomic E-state index is -0.334. The molecule has 0 unspecified atom stereocenters. The van der Waals surface area contributed by atoms with Crippen molar-refractivity contribution in [1.29, 1.82) is 0 Å². The van der Waals surface area contributed by atoms with Gasteiger partial charge >= 0.3 is 11.9 Å². The van der Waals surface area contributed by atoms with Crippen LogP contribution in [0.2, 0.25) is 0 Å². The van der Waals surface area contributed by atoms with Gasteiger partial charge in [-0.25, -0.2) is 8.78 Å². The fourth-order valence-corrected chi connectivity index (χ4v) is 5.96. The van der Waals surface area contributed by atoms with E-state index in [0.717, 1.165) is 51.4 Å². The average molecular weight is 561 g/mol. The molecule has 4 rings (SSSR count). The molecule has 8 heteroatoms. The van der Waals surface area contributed by atoms with Crippen molar-refractivity contribution in [2.45, 2.75) is 89.9 Å². The fraction of sp³-hybridized carbons (Fsp3) is 0.562. The van der Waals surface area contributed by atoms with Crippen LogP contribution in [0.25, 0.3) is 0 Å². The topological polar surface area (TPSA) is 93.1 Å². The Morgan fingerprint density at radius 3 is 1.32 bits per heavy atom. The maximum Gasteiger partial charge on any atom is 0.306 e. The zero-order valence-corrected chi connectivity index (χ0v) is 23.5. The van der Waals surface area contributed by atoms with Gasteiger partial charge < -0.3 is 19.7 Å². The smallest absolute Gasteiger partial charge is 0.306 e. The van der Waals surface area contributed by atoms with Gasteiger partial charge in [0.15, 0.2) is 0 Å². The van der Waals surface area contributed by atoms with Crippen LogP contribution in [0.1, 0.15) is 101 Å². The molecule has 0 bridgehead atoms. The molecule has 0 radical (unpaired) electrons. The first kappa shape index (κ1) is 31.4. The molecule has 2 fully saturated rings. The first-order valence-corrected chi connectivity index (χ1v) is 14.5. The second-order valence-electron chi connectivity index (χ2n) is 10.9. The summed E-state index contributed by atoms with van der Waals surface area (Å²) in [5.41, 5.74) is 1.36. The van der Waals surface area contributed by atoms with Crippen molar-refractivity contribution in [1.82, 2.24) is 0 Å². The number of benzene rings is 2.